The molecule has 1 rings (SSSR count). The Bertz CT molecular complexity index is 415. The van der Waals surface area contributed by atoms with Gasteiger partial charge in [-0.1, -0.05) is 15.9 Å². The molecule has 0 saturated heterocycles. The van der Waals surface area contributed by atoms with Gasteiger partial charge < -0.3 is 16.2 Å². The molecule has 0 heterocycles. The smallest absolute Gasteiger partial charge is 0.304 e. The molecule has 1 unspecified atom stereocenters. The van der Waals surface area contributed by atoms with Crippen LogP contribution >= 0.6 is 15.9 Å². The maximum absolute atomic E-state index is 13.4. The van der Waals surface area contributed by atoms with Crippen LogP contribution in [0.4, 0.5) is 4.39 Å². The van der Waals surface area contributed by atoms with Crippen molar-refractivity contribution in [1.29, 1.82) is 0 Å². The van der Waals surface area contributed by atoms with E-state index in [1.54, 1.807) is 12.1 Å². The molecule has 0 bridgehead atoms. The van der Waals surface area contributed by atoms with Crippen LogP contribution < -0.4 is 11.1 Å². The van der Waals surface area contributed by atoms with E-state index < -0.39 is 12.0 Å². The fourth-order valence-electron chi connectivity index (χ4n) is 1.54. The summed E-state index contributed by atoms with van der Waals surface area (Å²) < 4.78 is 14.2. The van der Waals surface area contributed by atoms with Gasteiger partial charge in [-0.15, -0.1) is 0 Å². The number of benzene rings is 1. The predicted octanol–water partition coefficient (Wildman–Crippen LogP) is 1.52. The fourth-order valence-corrected chi connectivity index (χ4v) is 1.95. The number of carboxylic acids is 1. The van der Waals surface area contributed by atoms with Gasteiger partial charge in [-0.3, -0.25) is 4.79 Å². The van der Waals surface area contributed by atoms with Crippen LogP contribution in [0.15, 0.2) is 22.7 Å². The number of rotatable bonds is 7. The zero-order valence-corrected chi connectivity index (χ0v) is 11.4. The van der Waals surface area contributed by atoms with Crippen LogP contribution in [0.2, 0.25) is 0 Å². The Morgan fingerprint density at radius 3 is 2.94 bits per heavy atom. The third kappa shape index (κ3) is 5.57. The SMILES string of the molecule is NC(CNCCc1cc(Br)ccc1F)CC(=O)O. The third-order valence-electron chi connectivity index (χ3n) is 2.42. The van der Waals surface area contributed by atoms with E-state index in [0.29, 0.717) is 25.1 Å². The highest BCUT2D eigenvalue weighted by Gasteiger charge is 2.07. The monoisotopic (exact) mass is 318 g/mol. The first-order chi connectivity index (χ1) is 8.49. The first-order valence-electron chi connectivity index (χ1n) is 5.61. The number of carbonyl (C=O) groups is 1. The maximum Gasteiger partial charge on any atom is 0.304 e. The van der Waals surface area contributed by atoms with E-state index in [2.05, 4.69) is 21.2 Å². The molecule has 1 aromatic carbocycles. The van der Waals surface area contributed by atoms with Crippen molar-refractivity contribution in [3.63, 3.8) is 0 Å². The first-order valence-corrected chi connectivity index (χ1v) is 6.40. The Hall–Kier alpha value is -0.980. The Kier molecular flexibility index (Phi) is 6.24. The minimum Gasteiger partial charge on any atom is -0.481 e. The van der Waals surface area contributed by atoms with Gasteiger partial charge in [0, 0.05) is 17.1 Å². The van der Waals surface area contributed by atoms with Gasteiger partial charge in [0.2, 0.25) is 0 Å². The summed E-state index contributed by atoms with van der Waals surface area (Å²) in [6, 6.07) is 4.37. The second-order valence-corrected chi connectivity index (χ2v) is 4.96. The van der Waals surface area contributed by atoms with Gasteiger partial charge in [0.1, 0.15) is 5.82 Å². The second kappa shape index (κ2) is 7.45. The lowest BCUT2D eigenvalue weighted by atomic mass is 10.1. The van der Waals surface area contributed by atoms with Gasteiger partial charge in [-0.25, -0.2) is 4.39 Å². The van der Waals surface area contributed by atoms with E-state index in [1.807, 2.05) is 0 Å². The van der Waals surface area contributed by atoms with Crippen LogP contribution in [0.1, 0.15) is 12.0 Å². The van der Waals surface area contributed by atoms with E-state index in [0.717, 1.165) is 4.47 Å². The maximum atomic E-state index is 13.4. The number of aliphatic carboxylic acids is 1. The molecule has 0 aliphatic rings. The number of halogens is 2. The van der Waals surface area contributed by atoms with Crippen molar-refractivity contribution < 1.29 is 14.3 Å². The predicted molar refractivity (Wildman–Crippen MR) is 70.9 cm³/mol. The molecule has 0 aliphatic carbocycles. The molecule has 0 spiro atoms. The Morgan fingerprint density at radius 1 is 1.56 bits per heavy atom. The zero-order valence-electron chi connectivity index (χ0n) is 9.83. The quantitative estimate of drug-likeness (QED) is 0.666. The molecule has 4 N–H and O–H groups in total. The third-order valence-corrected chi connectivity index (χ3v) is 2.92. The van der Waals surface area contributed by atoms with E-state index >= 15 is 0 Å². The molecule has 0 aromatic heterocycles. The molecule has 1 atom stereocenters. The highest BCUT2D eigenvalue weighted by molar-refractivity contribution is 9.10. The molecule has 1 aromatic rings. The average Bonchev–Trinajstić information content (AvgIpc) is 2.28. The van der Waals surface area contributed by atoms with Crippen LogP contribution in [-0.2, 0) is 11.2 Å². The average molecular weight is 319 g/mol. The summed E-state index contributed by atoms with van der Waals surface area (Å²) in [4.78, 5) is 10.4. The van der Waals surface area contributed by atoms with Crippen molar-refractivity contribution in [3.05, 3.63) is 34.1 Å². The fraction of sp³-hybridized carbons (Fsp3) is 0.417. The standard InChI is InChI=1S/C12H16BrFN2O2/c13-9-1-2-11(14)8(5-9)3-4-16-7-10(15)6-12(17)18/h1-2,5,10,16H,3-4,6-7,15H2,(H,17,18). The largest absolute Gasteiger partial charge is 0.481 e. The minimum absolute atomic E-state index is 0.0712. The Balaban J connectivity index is 2.29. The zero-order chi connectivity index (χ0) is 13.5. The van der Waals surface area contributed by atoms with Crippen LogP contribution in [-0.4, -0.2) is 30.2 Å². The lowest BCUT2D eigenvalue weighted by Crippen LogP contribution is -2.36. The van der Waals surface area contributed by atoms with Gasteiger partial charge >= 0.3 is 5.97 Å². The molecular formula is C12H16BrFN2O2. The molecular weight excluding hydrogens is 303 g/mol. The number of nitrogens with one attached hydrogen (secondary N) is 1. The van der Waals surface area contributed by atoms with E-state index in [4.69, 9.17) is 10.8 Å². The number of hydrogen-bond donors (Lipinski definition) is 3. The summed E-state index contributed by atoms with van der Waals surface area (Å²) in [5, 5.41) is 11.5. The van der Waals surface area contributed by atoms with Gasteiger partial charge in [0.05, 0.1) is 6.42 Å². The van der Waals surface area contributed by atoms with Crippen molar-refractivity contribution in [2.24, 2.45) is 5.73 Å². The molecule has 18 heavy (non-hydrogen) atoms. The van der Waals surface area contributed by atoms with E-state index in [9.17, 15) is 9.18 Å². The van der Waals surface area contributed by atoms with Crippen molar-refractivity contribution in [3.8, 4) is 0 Å². The topological polar surface area (TPSA) is 75.3 Å². The first kappa shape index (κ1) is 15.1. The van der Waals surface area contributed by atoms with Crippen LogP contribution in [0, 0.1) is 5.82 Å². The highest BCUT2D eigenvalue weighted by Crippen LogP contribution is 2.15. The molecule has 4 nitrogen and oxygen atoms in total. The summed E-state index contributed by atoms with van der Waals surface area (Å²) in [7, 11) is 0. The molecule has 100 valence electrons. The summed E-state index contributed by atoms with van der Waals surface area (Å²) >= 11 is 3.28. The van der Waals surface area contributed by atoms with Gasteiger partial charge in [-0.05, 0) is 36.7 Å². The lowest BCUT2D eigenvalue weighted by Gasteiger charge is -2.10. The van der Waals surface area contributed by atoms with Crippen LogP contribution in [0.3, 0.4) is 0 Å². The number of nitrogens with two attached hydrogens (primary N) is 1. The van der Waals surface area contributed by atoms with E-state index in [-0.39, 0.29) is 12.2 Å². The summed E-state index contributed by atoms with van der Waals surface area (Å²) in [6.45, 7) is 0.961. The van der Waals surface area contributed by atoms with Crippen LogP contribution in [0.5, 0.6) is 0 Å². The second-order valence-electron chi connectivity index (χ2n) is 4.05. The summed E-state index contributed by atoms with van der Waals surface area (Å²) in [5.41, 5.74) is 6.20. The molecule has 0 aliphatic heterocycles. The molecule has 0 saturated carbocycles. The van der Waals surface area contributed by atoms with Crippen molar-refractivity contribution in [1.82, 2.24) is 5.32 Å². The van der Waals surface area contributed by atoms with Gasteiger partial charge in [0.25, 0.3) is 0 Å². The van der Waals surface area contributed by atoms with E-state index in [1.165, 1.54) is 6.07 Å². The van der Waals surface area contributed by atoms with Crippen LogP contribution in [0.25, 0.3) is 0 Å². The number of hydrogen-bond acceptors (Lipinski definition) is 3. The normalized spacial score (nSPS) is 12.4. The Labute approximate surface area is 113 Å². The minimum atomic E-state index is -0.915. The van der Waals surface area contributed by atoms with Gasteiger partial charge in [0.15, 0.2) is 0 Å². The molecule has 0 radical (unpaired) electrons. The Morgan fingerprint density at radius 2 is 2.28 bits per heavy atom. The van der Waals surface area contributed by atoms with Crippen molar-refractivity contribution in [2.45, 2.75) is 18.9 Å². The summed E-state index contributed by atoms with van der Waals surface area (Å²) in [5.74, 6) is -1.16. The highest BCUT2D eigenvalue weighted by atomic mass is 79.9. The molecule has 0 amide bonds. The molecule has 6 heteroatoms. The van der Waals surface area contributed by atoms with Crippen molar-refractivity contribution in [2.75, 3.05) is 13.1 Å². The van der Waals surface area contributed by atoms with Gasteiger partial charge in [-0.2, -0.15) is 0 Å². The number of carboxylic acid groups (broad SMARTS) is 1. The van der Waals surface area contributed by atoms with Crippen molar-refractivity contribution >= 4 is 21.9 Å². The lowest BCUT2D eigenvalue weighted by molar-refractivity contribution is -0.137. The summed E-state index contributed by atoms with van der Waals surface area (Å²) in [6.07, 6.45) is 0.462. The molecule has 0 fully saturated rings.